The van der Waals surface area contributed by atoms with Crippen LogP contribution >= 0.6 is 0 Å². The Bertz CT molecular complexity index is 1040. The molecule has 1 aliphatic heterocycles. The van der Waals surface area contributed by atoms with Gasteiger partial charge in [-0.05, 0) is 12.1 Å². The summed E-state index contributed by atoms with van der Waals surface area (Å²) in [6, 6.07) is 4.00. The average Bonchev–Trinajstić information content (AvgIpc) is 3.11. The van der Waals surface area contributed by atoms with Crippen molar-refractivity contribution >= 4 is 21.9 Å². The van der Waals surface area contributed by atoms with Crippen molar-refractivity contribution in [1.29, 1.82) is 0 Å². The highest BCUT2D eigenvalue weighted by atomic mass is 16.7. The fraction of sp³-hybridized carbons (Fsp3) is 0.353. The van der Waals surface area contributed by atoms with E-state index in [2.05, 4.69) is 0 Å². The van der Waals surface area contributed by atoms with Crippen molar-refractivity contribution < 1.29 is 43.8 Å². The minimum atomic E-state index is -1.67. The van der Waals surface area contributed by atoms with E-state index >= 15 is 0 Å². The third-order valence-electron chi connectivity index (χ3n) is 4.47. The number of furan rings is 1. The lowest BCUT2D eigenvalue weighted by molar-refractivity contribution is -0.277. The molecule has 0 unspecified atom stereocenters. The van der Waals surface area contributed by atoms with Gasteiger partial charge in [0.2, 0.25) is 12.0 Å². The molecule has 0 radical (unpaired) electrons. The average molecular weight is 380 g/mol. The third-order valence-corrected chi connectivity index (χ3v) is 4.47. The van der Waals surface area contributed by atoms with Gasteiger partial charge in [0, 0.05) is 5.39 Å². The van der Waals surface area contributed by atoms with E-state index in [1.54, 1.807) is 6.07 Å². The second-order valence-electron chi connectivity index (χ2n) is 6.19. The smallest absolute Gasteiger partial charge is 0.340 e. The van der Waals surface area contributed by atoms with Crippen molar-refractivity contribution in [3.63, 3.8) is 0 Å². The number of hydrogen-bond donors (Lipinski definition) is 5. The summed E-state index contributed by atoms with van der Waals surface area (Å²) in [5, 5.41) is 50.0. The van der Waals surface area contributed by atoms with E-state index in [0.29, 0.717) is 5.39 Å². The molecule has 0 bridgehead atoms. The molecule has 144 valence electrons. The zero-order valence-corrected chi connectivity index (χ0v) is 13.7. The van der Waals surface area contributed by atoms with E-state index in [4.69, 9.17) is 18.3 Å². The Labute approximate surface area is 150 Å². The van der Waals surface area contributed by atoms with Crippen LogP contribution in [0.25, 0.3) is 21.9 Å². The normalized spacial score (nSPS) is 28.7. The van der Waals surface area contributed by atoms with Crippen LogP contribution in [0.3, 0.4) is 0 Å². The van der Waals surface area contributed by atoms with E-state index in [0.717, 1.165) is 6.07 Å². The lowest BCUT2D eigenvalue weighted by Crippen LogP contribution is -2.60. The number of rotatable bonds is 3. The molecular formula is C17H16O10. The highest BCUT2D eigenvalue weighted by molar-refractivity contribution is 6.02. The van der Waals surface area contributed by atoms with Gasteiger partial charge in [-0.3, -0.25) is 0 Å². The lowest BCUT2D eigenvalue weighted by Gasteiger charge is -2.39. The summed E-state index contributed by atoms with van der Waals surface area (Å²) in [6.07, 6.45) is -6.24. The second-order valence-corrected chi connectivity index (χ2v) is 6.19. The number of aliphatic hydroxyl groups is 4. The van der Waals surface area contributed by atoms with E-state index in [-0.39, 0.29) is 28.1 Å². The van der Waals surface area contributed by atoms with Gasteiger partial charge in [0.05, 0.1) is 24.3 Å². The summed E-state index contributed by atoms with van der Waals surface area (Å²) >= 11 is 0. The largest absolute Gasteiger partial charge is 0.507 e. The standard InChI is InChI=1S/C17H16O10/c18-5-9-11(21)12(22)13(23)17(25-9)27-16-14-6(1-2-24-14)3-7-8(19)4-10(20)26-15(7)16/h1-4,9,11-13,17-19,21-23H,5H2/t9-,11-,12+,13-,17+/m1/s1. The predicted octanol–water partition coefficient (Wildman–Crippen LogP) is -0.577. The molecule has 1 saturated heterocycles. The highest BCUT2D eigenvalue weighted by Crippen LogP contribution is 2.39. The Morgan fingerprint density at radius 1 is 1.07 bits per heavy atom. The topological polar surface area (TPSA) is 163 Å². The van der Waals surface area contributed by atoms with Crippen molar-refractivity contribution in [1.82, 2.24) is 0 Å². The third kappa shape index (κ3) is 2.83. The van der Waals surface area contributed by atoms with Crippen LogP contribution in [0.4, 0.5) is 0 Å². The Balaban J connectivity index is 1.85. The van der Waals surface area contributed by atoms with E-state index in [1.807, 2.05) is 0 Å². The number of fused-ring (bicyclic) bond motifs is 2. The van der Waals surface area contributed by atoms with Crippen molar-refractivity contribution in [2.45, 2.75) is 30.7 Å². The molecule has 3 aromatic rings. The Morgan fingerprint density at radius 2 is 1.85 bits per heavy atom. The summed E-state index contributed by atoms with van der Waals surface area (Å²) < 4.78 is 21.4. The molecule has 0 amide bonds. The molecule has 1 aliphatic rings. The quantitative estimate of drug-likeness (QED) is 0.372. The Morgan fingerprint density at radius 3 is 2.59 bits per heavy atom. The molecule has 5 N–H and O–H groups in total. The zero-order chi connectivity index (χ0) is 19.3. The van der Waals surface area contributed by atoms with Gasteiger partial charge in [-0.2, -0.15) is 0 Å². The summed E-state index contributed by atoms with van der Waals surface area (Å²) in [5.74, 6) is -0.493. The van der Waals surface area contributed by atoms with Crippen molar-refractivity contribution in [3.8, 4) is 11.5 Å². The highest BCUT2D eigenvalue weighted by Gasteiger charge is 2.45. The van der Waals surface area contributed by atoms with Gasteiger partial charge in [0.25, 0.3) is 0 Å². The fourth-order valence-corrected chi connectivity index (χ4v) is 3.06. The molecular weight excluding hydrogens is 364 g/mol. The molecule has 10 heteroatoms. The molecule has 3 heterocycles. The van der Waals surface area contributed by atoms with E-state index in [1.165, 1.54) is 12.3 Å². The first-order valence-corrected chi connectivity index (χ1v) is 8.05. The van der Waals surface area contributed by atoms with E-state index in [9.17, 15) is 30.3 Å². The summed E-state index contributed by atoms with van der Waals surface area (Å²) in [7, 11) is 0. The number of ether oxygens (including phenoxy) is 2. The minimum absolute atomic E-state index is 0.146. The molecule has 5 atom stereocenters. The van der Waals surface area contributed by atoms with Crippen LogP contribution in [0.15, 0.2) is 38.1 Å². The molecule has 10 nitrogen and oxygen atoms in total. The number of hydrogen-bond acceptors (Lipinski definition) is 10. The van der Waals surface area contributed by atoms with Crippen molar-refractivity contribution in [2.75, 3.05) is 6.61 Å². The van der Waals surface area contributed by atoms with Crippen LogP contribution < -0.4 is 10.4 Å². The molecule has 4 rings (SSSR count). The first-order valence-electron chi connectivity index (χ1n) is 8.05. The van der Waals surface area contributed by atoms with Gasteiger partial charge < -0.3 is 43.8 Å². The molecule has 1 fully saturated rings. The minimum Gasteiger partial charge on any atom is -0.507 e. The van der Waals surface area contributed by atoms with Crippen LogP contribution in [-0.2, 0) is 4.74 Å². The van der Waals surface area contributed by atoms with Crippen LogP contribution in [0.2, 0.25) is 0 Å². The number of benzene rings is 1. The molecule has 1 aromatic carbocycles. The Kier molecular flexibility index (Phi) is 4.29. The van der Waals surface area contributed by atoms with Crippen LogP contribution in [0.1, 0.15) is 0 Å². The fourth-order valence-electron chi connectivity index (χ4n) is 3.06. The summed E-state index contributed by atoms with van der Waals surface area (Å²) in [4.78, 5) is 11.7. The number of aromatic hydroxyl groups is 1. The summed E-state index contributed by atoms with van der Waals surface area (Å²) in [5.41, 5.74) is -0.850. The van der Waals surface area contributed by atoms with Crippen LogP contribution in [-0.4, -0.2) is 62.8 Å². The first-order chi connectivity index (χ1) is 12.9. The van der Waals surface area contributed by atoms with Gasteiger partial charge >= 0.3 is 5.63 Å². The second kappa shape index (κ2) is 6.51. The number of aliphatic hydroxyl groups excluding tert-OH is 4. The zero-order valence-electron chi connectivity index (χ0n) is 13.7. The van der Waals surface area contributed by atoms with Gasteiger partial charge in [0.15, 0.2) is 11.2 Å². The van der Waals surface area contributed by atoms with Crippen LogP contribution in [0.5, 0.6) is 11.5 Å². The summed E-state index contributed by atoms with van der Waals surface area (Å²) in [6.45, 7) is -0.633. The molecule has 27 heavy (non-hydrogen) atoms. The van der Waals surface area contributed by atoms with Crippen molar-refractivity contribution in [2.24, 2.45) is 0 Å². The molecule has 0 aliphatic carbocycles. The maximum atomic E-state index is 11.7. The van der Waals surface area contributed by atoms with Gasteiger partial charge in [-0.1, -0.05) is 0 Å². The Hall–Kier alpha value is -2.63. The first kappa shape index (κ1) is 17.8. The van der Waals surface area contributed by atoms with Crippen molar-refractivity contribution in [3.05, 3.63) is 34.9 Å². The molecule has 0 saturated carbocycles. The SMILES string of the molecule is O=c1cc(O)c2cc3ccoc3c(O[C@@H]3O[C@H](CO)[C@@H](O)[C@H](O)[C@H]3O)c2o1. The van der Waals surface area contributed by atoms with Gasteiger partial charge in [0.1, 0.15) is 30.2 Å². The molecule has 2 aromatic heterocycles. The molecule has 0 spiro atoms. The predicted molar refractivity (Wildman–Crippen MR) is 88.3 cm³/mol. The van der Waals surface area contributed by atoms with Gasteiger partial charge in [-0.25, -0.2) is 4.79 Å². The maximum absolute atomic E-state index is 11.7. The lowest BCUT2D eigenvalue weighted by atomic mass is 9.99. The van der Waals surface area contributed by atoms with E-state index < -0.39 is 42.9 Å². The monoisotopic (exact) mass is 380 g/mol. The van der Waals surface area contributed by atoms with Gasteiger partial charge in [-0.15, -0.1) is 0 Å². The van der Waals surface area contributed by atoms with Crippen LogP contribution in [0, 0.1) is 0 Å². The maximum Gasteiger partial charge on any atom is 0.340 e.